The molecule has 1 fully saturated rings. The maximum Gasteiger partial charge on any atom is 0.307 e. The van der Waals surface area contributed by atoms with Crippen molar-refractivity contribution in [3.05, 3.63) is 12.2 Å². The summed E-state index contributed by atoms with van der Waals surface area (Å²) in [6, 6.07) is -0.0288. The van der Waals surface area contributed by atoms with E-state index in [4.69, 9.17) is 5.11 Å². The van der Waals surface area contributed by atoms with Crippen LogP contribution in [0.4, 0.5) is 0 Å². The van der Waals surface area contributed by atoms with Crippen molar-refractivity contribution in [3.8, 4) is 0 Å². The molecule has 2 amide bonds. The number of hydrogen-bond acceptors (Lipinski definition) is 3. The molecule has 0 aromatic carbocycles. The maximum absolute atomic E-state index is 12.0. The standard InChI is InChI=1S/C13H18N2O4/c16-11-6-5-8(15-11)7-14-12(17)9-3-1-2-4-10(9)13(18)19/h1-2,8-10H,3-7H2,(H,14,17)(H,15,16)(H,18,19)/t8?,9-,10+/m1/s1. The van der Waals surface area contributed by atoms with Crippen LogP contribution in [-0.2, 0) is 14.4 Å². The quantitative estimate of drug-likeness (QED) is 0.626. The van der Waals surface area contributed by atoms with Crippen LogP contribution in [0.2, 0.25) is 0 Å². The highest BCUT2D eigenvalue weighted by Crippen LogP contribution is 2.26. The summed E-state index contributed by atoms with van der Waals surface area (Å²) in [6.07, 6.45) is 5.71. The first kappa shape index (κ1) is 13.6. The minimum atomic E-state index is -0.932. The lowest BCUT2D eigenvalue weighted by molar-refractivity contribution is -0.147. The molecule has 1 aliphatic carbocycles. The molecule has 0 radical (unpaired) electrons. The Morgan fingerprint density at radius 1 is 1.32 bits per heavy atom. The molecule has 2 rings (SSSR count). The van der Waals surface area contributed by atoms with E-state index in [1.807, 2.05) is 6.08 Å². The molecule has 0 aromatic rings. The van der Waals surface area contributed by atoms with E-state index in [0.717, 1.165) is 0 Å². The third-order valence-corrected chi connectivity index (χ3v) is 3.69. The van der Waals surface area contributed by atoms with Crippen LogP contribution >= 0.6 is 0 Å². The molecule has 0 spiro atoms. The minimum Gasteiger partial charge on any atom is -0.481 e. The molecule has 0 bridgehead atoms. The number of aliphatic carboxylic acids is 1. The zero-order chi connectivity index (χ0) is 13.8. The normalized spacial score (nSPS) is 29.9. The first-order valence-electron chi connectivity index (χ1n) is 6.53. The molecule has 1 aliphatic heterocycles. The second-order valence-electron chi connectivity index (χ2n) is 5.04. The van der Waals surface area contributed by atoms with Gasteiger partial charge in [0.25, 0.3) is 0 Å². The fourth-order valence-electron chi connectivity index (χ4n) is 2.56. The van der Waals surface area contributed by atoms with E-state index in [2.05, 4.69) is 10.6 Å². The average Bonchev–Trinajstić information content (AvgIpc) is 2.81. The van der Waals surface area contributed by atoms with Crippen molar-refractivity contribution in [2.45, 2.75) is 31.7 Å². The predicted octanol–water partition coefficient (Wildman–Crippen LogP) is 0.0482. The molecule has 0 saturated carbocycles. The van der Waals surface area contributed by atoms with Gasteiger partial charge in [0.15, 0.2) is 0 Å². The molecule has 0 aromatic heterocycles. The Bertz CT molecular complexity index is 419. The zero-order valence-electron chi connectivity index (χ0n) is 10.6. The molecule has 2 aliphatic rings. The van der Waals surface area contributed by atoms with E-state index >= 15 is 0 Å². The summed E-state index contributed by atoms with van der Waals surface area (Å²) in [7, 11) is 0. The van der Waals surface area contributed by atoms with Crippen molar-refractivity contribution in [1.82, 2.24) is 10.6 Å². The summed E-state index contributed by atoms with van der Waals surface area (Å²) >= 11 is 0. The maximum atomic E-state index is 12.0. The SMILES string of the molecule is O=C1CCC(CNC(=O)[C@@H]2CC=CC[C@@H]2C(=O)O)N1. The fourth-order valence-corrected chi connectivity index (χ4v) is 2.56. The van der Waals surface area contributed by atoms with Crippen molar-refractivity contribution >= 4 is 17.8 Å². The number of carbonyl (C=O) groups excluding carboxylic acids is 2. The van der Waals surface area contributed by atoms with Gasteiger partial charge in [-0.15, -0.1) is 0 Å². The average molecular weight is 266 g/mol. The highest BCUT2D eigenvalue weighted by Gasteiger charge is 2.34. The lowest BCUT2D eigenvalue weighted by atomic mass is 9.82. The Kier molecular flexibility index (Phi) is 4.19. The lowest BCUT2D eigenvalue weighted by Crippen LogP contribution is -2.44. The number of allylic oxidation sites excluding steroid dienone is 2. The second kappa shape index (κ2) is 5.86. The molecular formula is C13H18N2O4. The number of rotatable bonds is 4. The van der Waals surface area contributed by atoms with Crippen LogP contribution in [0.3, 0.4) is 0 Å². The molecule has 1 heterocycles. The third kappa shape index (κ3) is 3.33. The molecule has 3 N–H and O–H groups in total. The molecule has 1 unspecified atom stereocenters. The largest absolute Gasteiger partial charge is 0.481 e. The van der Waals surface area contributed by atoms with Crippen LogP contribution in [0.1, 0.15) is 25.7 Å². The van der Waals surface area contributed by atoms with Gasteiger partial charge in [-0.1, -0.05) is 12.2 Å². The summed E-state index contributed by atoms with van der Waals surface area (Å²) in [5.41, 5.74) is 0. The summed E-state index contributed by atoms with van der Waals surface area (Å²) < 4.78 is 0. The van der Waals surface area contributed by atoms with Crippen LogP contribution in [0.25, 0.3) is 0 Å². The van der Waals surface area contributed by atoms with Gasteiger partial charge in [-0.2, -0.15) is 0 Å². The van der Waals surface area contributed by atoms with E-state index in [1.165, 1.54) is 0 Å². The van der Waals surface area contributed by atoms with Gasteiger partial charge in [-0.25, -0.2) is 0 Å². The first-order chi connectivity index (χ1) is 9.08. The summed E-state index contributed by atoms with van der Waals surface area (Å²) in [5, 5.41) is 14.6. The smallest absolute Gasteiger partial charge is 0.307 e. The summed E-state index contributed by atoms with van der Waals surface area (Å²) in [5.74, 6) is -2.33. The highest BCUT2D eigenvalue weighted by atomic mass is 16.4. The van der Waals surface area contributed by atoms with Gasteiger partial charge >= 0.3 is 5.97 Å². The number of carbonyl (C=O) groups is 3. The fraction of sp³-hybridized carbons (Fsp3) is 0.615. The number of nitrogens with one attached hydrogen (secondary N) is 2. The lowest BCUT2D eigenvalue weighted by Gasteiger charge is -2.24. The Labute approximate surface area is 111 Å². The molecular weight excluding hydrogens is 248 g/mol. The van der Waals surface area contributed by atoms with Crippen molar-refractivity contribution in [2.75, 3.05) is 6.54 Å². The number of amides is 2. The Morgan fingerprint density at radius 2 is 2.00 bits per heavy atom. The van der Waals surface area contributed by atoms with Gasteiger partial charge in [-0.3, -0.25) is 14.4 Å². The van der Waals surface area contributed by atoms with Gasteiger partial charge in [0, 0.05) is 19.0 Å². The summed E-state index contributed by atoms with van der Waals surface area (Å²) in [4.78, 5) is 34.2. The topological polar surface area (TPSA) is 95.5 Å². The second-order valence-corrected chi connectivity index (χ2v) is 5.04. The van der Waals surface area contributed by atoms with Crippen molar-refractivity contribution in [3.63, 3.8) is 0 Å². The minimum absolute atomic E-state index is 0.00302. The first-order valence-corrected chi connectivity index (χ1v) is 6.53. The van der Waals surface area contributed by atoms with Crippen LogP contribution in [0, 0.1) is 11.8 Å². The third-order valence-electron chi connectivity index (χ3n) is 3.69. The Morgan fingerprint density at radius 3 is 2.58 bits per heavy atom. The van der Waals surface area contributed by atoms with Crippen LogP contribution in [-0.4, -0.2) is 35.5 Å². The van der Waals surface area contributed by atoms with Gasteiger partial charge in [0.2, 0.25) is 11.8 Å². The zero-order valence-corrected chi connectivity index (χ0v) is 10.6. The molecule has 6 nitrogen and oxygen atoms in total. The summed E-state index contributed by atoms with van der Waals surface area (Å²) in [6.45, 7) is 0.372. The van der Waals surface area contributed by atoms with Crippen molar-refractivity contribution < 1.29 is 19.5 Å². The predicted molar refractivity (Wildman–Crippen MR) is 67.2 cm³/mol. The molecule has 3 atom stereocenters. The molecule has 19 heavy (non-hydrogen) atoms. The van der Waals surface area contributed by atoms with Crippen LogP contribution < -0.4 is 10.6 Å². The van der Waals surface area contributed by atoms with E-state index in [1.54, 1.807) is 6.08 Å². The van der Waals surface area contributed by atoms with Crippen LogP contribution in [0.15, 0.2) is 12.2 Å². The van der Waals surface area contributed by atoms with Crippen molar-refractivity contribution in [1.29, 1.82) is 0 Å². The van der Waals surface area contributed by atoms with Crippen molar-refractivity contribution in [2.24, 2.45) is 11.8 Å². The molecule has 6 heteroatoms. The van der Waals surface area contributed by atoms with Gasteiger partial charge in [-0.05, 0) is 19.3 Å². The number of hydrogen-bond donors (Lipinski definition) is 3. The van der Waals surface area contributed by atoms with Gasteiger partial charge < -0.3 is 15.7 Å². The Hall–Kier alpha value is -1.85. The Balaban J connectivity index is 1.86. The molecule has 104 valence electrons. The van der Waals surface area contributed by atoms with E-state index in [-0.39, 0.29) is 17.9 Å². The highest BCUT2D eigenvalue weighted by molar-refractivity contribution is 5.85. The molecule has 1 saturated heterocycles. The van der Waals surface area contributed by atoms with E-state index in [9.17, 15) is 14.4 Å². The van der Waals surface area contributed by atoms with Gasteiger partial charge in [0.1, 0.15) is 0 Å². The number of carboxylic acid groups (broad SMARTS) is 1. The van der Waals surface area contributed by atoms with E-state index < -0.39 is 17.8 Å². The van der Waals surface area contributed by atoms with Gasteiger partial charge in [0.05, 0.1) is 11.8 Å². The van der Waals surface area contributed by atoms with E-state index in [0.29, 0.717) is 32.2 Å². The van der Waals surface area contributed by atoms with Crippen LogP contribution in [0.5, 0.6) is 0 Å². The monoisotopic (exact) mass is 266 g/mol. The number of carboxylic acids is 1.